The highest BCUT2D eigenvalue weighted by molar-refractivity contribution is 5.93. The first-order valence-corrected chi connectivity index (χ1v) is 7.90. The first-order valence-electron chi connectivity index (χ1n) is 7.90. The van der Waals surface area contributed by atoms with Crippen LogP contribution in [0, 0.1) is 5.82 Å². The molecule has 128 valence electrons. The predicted octanol–water partition coefficient (Wildman–Crippen LogP) is 2.54. The first kappa shape index (κ1) is 16.8. The van der Waals surface area contributed by atoms with Gasteiger partial charge in [0.2, 0.25) is 0 Å². The van der Waals surface area contributed by atoms with E-state index in [4.69, 9.17) is 0 Å². The van der Waals surface area contributed by atoms with Gasteiger partial charge in [0.15, 0.2) is 0 Å². The molecule has 0 atom stereocenters. The van der Waals surface area contributed by atoms with Crippen molar-refractivity contribution in [1.82, 2.24) is 14.7 Å². The zero-order valence-corrected chi connectivity index (χ0v) is 14.0. The smallest absolute Gasteiger partial charge is 0.270 e. The fraction of sp³-hybridized carbons (Fsp3) is 0.211. The van der Waals surface area contributed by atoms with Gasteiger partial charge < -0.3 is 5.32 Å². The molecule has 3 rings (SSSR count). The van der Waals surface area contributed by atoms with Gasteiger partial charge in [-0.25, -0.2) is 9.37 Å². The average Bonchev–Trinajstić information content (AvgIpc) is 2.60. The number of carbonyl (C=O) groups excluding carboxylic acids is 1. The minimum absolute atomic E-state index is 0.0481. The standard InChI is InChI=1S/C19H18FN3O2/c1-19(2,14-7-3-4-8-15(14)20)12-22-17(24)13-11-21-16-9-5-6-10-23(16)18(13)25/h3-11H,12H2,1-2H3,(H,22,24). The molecule has 0 spiro atoms. The second-order valence-corrected chi connectivity index (χ2v) is 6.45. The molecule has 0 aliphatic carbocycles. The summed E-state index contributed by atoms with van der Waals surface area (Å²) in [7, 11) is 0. The van der Waals surface area contributed by atoms with E-state index < -0.39 is 16.9 Å². The van der Waals surface area contributed by atoms with Crippen LogP contribution in [0.5, 0.6) is 0 Å². The molecule has 0 aliphatic heterocycles. The molecule has 2 aromatic heterocycles. The van der Waals surface area contributed by atoms with Crippen LogP contribution >= 0.6 is 0 Å². The minimum Gasteiger partial charge on any atom is -0.351 e. The summed E-state index contributed by atoms with van der Waals surface area (Å²) in [6.45, 7) is 3.85. The van der Waals surface area contributed by atoms with Crippen molar-refractivity contribution in [2.75, 3.05) is 6.54 Å². The van der Waals surface area contributed by atoms with Gasteiger partial charge in [0.05, 0.1) is 0 Å². The van der Waals surface area contributed by atoms with Crippen LogP contribution in [-0.2, 0) is 5.41 Å². The molecule has 0 aliphatic rings. The maximum Gasteiger partial charge on any atom is 0.270 e. The molecule has 1 aromatic carbocycles. The number of carbonyl (C=O) groups is 1. The number of hydrogen-bond donors (Lipinski definition) is 1. The van der Waals surface area contributed by atoms with Crippen LogP contribution in [0.3, 0.4) is 0 Å². The molecule has 2 heterocycles. The third-order valence-electron chi connectivity index (χ3n) is 4.15. The molecule has 25 heavy (non-hydrogen) atoms. The normalized spacial score (nSPS) is 11.5. The summed E-state index contributed by atoms with van der Waals surface area (Å²) >= 11 is 0. The van der Waals surface area contributed by atoms with Crippen LogP contribution in [0.4, 0.5) is 4.39 Å². The monoisotopic (exact) mass is 339 g/mol. The van der Waals surface area contributed by atoms with Gasteiger partial charge in [-0.15, -0.1) is 0 Å². The Bertz CT molecular complexity index is 995. The van der Waals surface area contributed by atoms with Gasteiger partial charge in [-0.2, -0.15) is 0 Å². The quantitative estimate of drug-likeness (QED) is 0.794. The van der Waals surface area contributed by atoms with Crippen molar-refractivity contribution >= 4 is 11.6 Å². The summed E-state index contributed by atoms with van der Waals surface area (Å²) in [4.78, 5) is 29.0. The molecule has 0 saturated carbocycles. The van der Waals surface area contributed by atoms with E-state index in [1.807, 2.05) is 13.8 Å². The van der Waals surface area contributed by atoms with Gasteiger partial charge in [0, 0.05) is 24.4 Å². The van der Waals surface area contributed by atoms with Gasteiger partial charge in [-0.05, 0) is 23.8 Å². The number of nitrogens with zero attached hydrogens (tertiary/aromatic N) is 2. The predicted molar refractivity (Wildman–Crippen MR) is 93.2 cm³/mol. The Hall–Kier alpha value is -3.02. The molecular weight excluding hydrogens is 321 g/mol. The molecular formula is C19H18FN3O2. The van der Waals surface area contributed by atoms with Gasteiger partial charge >= 0.3 is 0 Å². The van der Waals surface area contributed by atoms with Crippen molar-refractivity contribution < 1.29 is 9.18 Å². The third kappa shape index (κ3) is 3.28. The van der Waals surface area contributed by atoms with Crippen molar-refractivity contribution in [2.45, 2.75) is 19.3 Å². The summed E-state index contributed by atoms with van der Waals surface area (Å²) < 4.78 is 15.3. The Morgan fingerprint density at radius 1 is 1.20 bits per heavy atom. The number of rotatable bonds is 4. The maximum absolute atomic E-state index is 14.0. The SMILES string of the molecule is CC(C)(CNC(=O)c1cnc2ccccn2c1=O)c1ccccc1F. The second-order valence-electron chi connectivity index (χ2n) is 6.45. The lowest BCUT2D eigenvalue weighted by atomic mass is 9.84. The van der Waals surface area contributed by atoms with Crippen molar-refractivity contribution in [3.63, 3.8) is 0 Å². The van der Waals surface area contributed by atoms with E-state index in [0.717, 1.165) is 0 Å². The molecule has 6 heteroatoms. The molecule has 0 unspecified atom stereocenters. The number of aromatic nitrogens is 2. The van der Waals surface area contributed by atoms with Crippen molar-refractivity contribution in [3.05, 3.63) is 82.2 Å². The first-order chi connectivity index (χ1) is 11.9. The number of benzene rings is 1. The molecule has 1 N–H and O–H groups in total. The Morgan fingerprint density at radius 3 is 2.68 bits per heavy atom. The zero-order chi connectivity index (χ0) is 18.0. The topological polar surface area (TPSA) is 63.5 Å². The summed E-state index contributed by atoms with van der Waals surface area (Å²) in [5.41, 5.74) is -0.138. The largest absolute Gasteiger partial charge is 0.351 e. The fourth-order valence-corrected chi connectivity index (χ4v) is 2.68. The van der Waals surface area contributed by atoms with Crippen molar-refractivity contribution in [1.29, 1.82) is 0 Å². The Kier molecular flexibility index (Phi) is 4.35. The Labute approximate surface area is 144 Å². The van der Waals surface area contributed by atoms with E-state index in [9.17, 15) is 14.0 Å². The van der Waals surface area contributed by atoms with Crippen LogP contribution < -0.4 is 10.9 Å². The molecule has 5 nitrogen and oxygen atoms in total. The highest BCUT2D eigenvalue weighted by Crippen LogP contribution is 2.24. The minimum atomic E-state index is -0.624. The third-order valence-corrected chi connectivity index (χ3v) is 4.15. The van der Waals surface area contributed by atoms with Gasteiger partial charge in [-0.1, -0.05) is 38.1 Å². The molecule has 3 aromatic rings. The number of pyridine rings is 1. The van der Waals surface area contributed by atoms with Gasteiger partial charge in [-0.3, -0.25) is 14.0 Å². The van der Waals surface area contributed by atoms with Crippen LogP contribution in [0.15, 0.2) is 59.7 Å². The summed E-state index contributed by atoms with van der Waals surface area (Å²) in [6.07, 6.45) is 2.83. The lowest BCUT2D eigenvalue weighted by Crippen LogP contribution is -2.39. The van der Waals surface area contributed by atoms with Gasteiger partial charge in [0.25, 0.3) is 11.5 Å². The number of amides is 1. The molecule has 0 saturated heterocycles. The molecule has 1 amide bonds. The van der Waals surface area contributed by atoms with Gasteiger partial charge in [0.1, 0.15) is 17.0 Å². The summed E-state index contributed by atoms with van der Waals surface area (Å²) in [6, 6.07) is 11.6. The van der Waals surface area contributed by atoms with Crippen LogP contribution in [0.1, 0.15) is 29.8 Å². The van der Waals surface area contributed by atoms with Crippen molar-refractivity contribution in [2.24, 2.45) is 0 Å². The molecule has 0 bridgehead atoms. The Balaban J connectivity index is 1.82. The van der Waals surface area contributed by atoms with E-state index in [0.29, 0.717) is 11.2 Å². The van der Waals surface area contributed by atoms with E-state index in [-0.39, 0.29) is 17.9 Å². The summed E-state index contributed by atoms with van der Waals surface area (Å²) in [5.74, 6) is -0.852. The average molecular weight is 339 g/mol. The highest BCUT2D eigenvalue weighted by Gasteiger charge is 2.25. The van der Waals surface area contributed by atoms with E-state index in [1.54, 1.807) is 42.6 Å². The number of hydrogen-bond acceptors (Lipinski definition) is 3. The zero-order valence-electron chi connectivity index (χ0n) is 14.0. The van der Waals surface area contributed by atoms with Crippen LogP contribution in [-0.4, -0.2) is 21.8 Å². The van der Waals surface area contributed by atoms with E-state index >= 15 is 0 Å². The maximum atomic E-state index is 14.0. The number of halogens is 1. The fourth-order valence-electron chi connectivity index (χ4n) is 2.68. The molecule has 0 fully saturated rings. The second kappa shape index (κ2) is 6.47. The lowest BCUT2D eigenvalue weighted by Gasteiger charge is -2.26. The number of fused-ring (bicyclic) bond motifs is 1. The van der Waals surface area contributed by atoms with Crippen LogP contribution in [0.25, 0.3) is 5.65 Å². The number of nitrogens with one attached hydrogen (secondary N) is 1. The summed E-state index contributed by atoms with van der Waals surface area (Å²) in [5, 5.41) is 2.71. The molecule has 0 radical (unpaired) electrons. The van der Waals surface area contributed by atoms with Crippen molar-refractivity contribution in [3.8, 4) is 0 Å². The van der Waals surface area contributed by atoms with Crippen LogP contribution in [0.2, 0.25) is 0 Å². The Morgan fingerprint density at radius 2 is 1.92 bits per heavy atom. The van der Waals surface area contributed by atoms with E-state index in [1.165, 1.54) is 16.7 Å². The lowest BCUT2D eigenvalue weighted by molar-refractivity contribution is 0.0943. The highest BCUT2D eigenvalue weighted by atomic mass is 19.1. The van der Waals surface area contributed by atoms with E-state index in [2.05, 4.69) is 10.3 Å².